The molecule has 0 aliphatic heterocycles. The Morgan fingerprint density at radius 2 is 1.87 bits per heavy atom. The highest BCUT2D eigenvalue weighted by Gasteiger charge is 2.12. The number of guanidine groups is 1. The van der Waals surface area contributed by atoms with Crippen molar-refractivity contribution in [2.24, 2.45) is 4.99 Å². The molecule has 3 N–H and O–H groups in total. The molecule has 1 amide bonds. The molecule has 1 aromatic heterocycles. The van der Waals surface area contributed by atoms with Gasteiger partial charge in [-0.15, -0.1) is 0 Å². The van der Waals surface area contributed by atoms with Crippen molar-refractivity contribution < 1.29 is 18.0 Å². The molecule has 0 fully saturated rings. The number of halogens is 4. The van der Waals surface area contributed by atoms with Gasteiger partial charge >= 0.3 is 0 Å². The number of nitrogens with zero attached hydrogens (tertiary/aromatic N) is 2. The van der Waals surface area contributed by atoms with E-state index in [0.717, 1.165) is 37.1 Å². The van der Waals surface area contributed by atoms with E-state index in [-0.39, 0.29) is 22.1 Å². The lowest BCUT2D eigenvalue weighted by Crippen LogP contribution is -2.32. The molecule has 0 spiro atoms. The van der Waals surface area contributed by atoms with Crippen molar-refractivity contribution in [1.29, 1.82) is 0 Å². The summed E-state index contributed by atoms with van der Waals surface area (Å²) < 4.78 is 40.6. The molecule has 162 valence electrons. The summed E-state index contributed by atoms with van der Waals surface area (Å²) in [7, 11) is 0. The number of benzene rings is 2. The first kappa shape index (κ1) is 22.4. The van der Waals surface area contributed by atoms with Gasteiger partial charge < -0.3 is 10.6 Å². The van der Waals surface area contributed by atoms with Crippen LogP contribution < -0.4 is 10.6 Å². The summed E-state index contributed by atoms with van der Waals surface area (Å²) in [5, 5.41) is 12.5. The molecule has 0 bridgehead atoms. The van der Waals surface area contributed by atoms with E-state index in [1.165, 1.54) is 18.2 Å². The van der Waals surface area contributed by atoms with Crippen molar-refractivity contribution in [2.75, 3.05) is 11.9 Å². The van der Waals surface area contributed by atoms with Gasteiger partial charge in [0.15, 0.2) is 0 Å². The number of anilines is 1. The Labute approximate surface area is 181 Å². The first-order valence-electron chi connectivity index (χ1n) is 9.46. The van der Waals surface area contributed by atoms with Crippen LogP contribution in [0.1, 0.15) is 30.1 Å². The number of hydrogen-bond donors (Lipinski definition) is 3. The van der Waals surface area contributed by atoms with Gasteiger partial charge in [-0.05, 0) is 36.8 Å². The number of aromatic nitrogens is 2. The van der Waals surface area contributed by atoms with Gasteiger partial charge in [0, 0.05) is 29.8 Å². The lowest BCUT2D eigenvalue weighted by atomic mass is 10.1. The van der Waals surface area contributed by atoms with Crippen LogP contribution in [-0.2, 0) is 0 Å². The monoisotopic (exact) mass is 449 g/mol. The molecule has 1 heterocycles. The number of H-pyrrole nitrogens is 1. The zero-order valence-electron chi connectivity index (χ0n) is 16.5. The lowest BCUT2D eigenvalue weighted by Gasteiger charge is -2.10. The molecule has 0 saturated carbocycles. The van der Waals surface area contributed by atoms with E-state index >= 15 is 0 Å². The summed E-state index contributed by atoms with van der Waals surface area (Å²) in [6.45, 7) is 2.54. The van der Waals surface area contributed by atoms with Gasteiger partial charge in [0.1, 0.15) is 23.3 Å². The number of carbonyl (C=O) groups is 1. The van der Waals surface area contributed by atoms with Crippen molar-refractivity contribution in [3.8, 4) is 11.3 Å². The summed E-state index contributed by atoms with van der Waals surface area (Å²) in [5.74, 6) is -2.42. The second-order valence-corrected chi connectivity index (χ2v) is 7.03. The minimum Gasteiger partial charge on any atom is -0.356 e. The first-order valence-corrected chi connectivity index (χ1v) is 9.84. The van der Waals surface area contributed by atoms with Crippen LogP contribution in [0.25, 0.3) is 11.3 Å². The van der Waals surface area contributed by atoms with Crippen LogP contribution >= 0.6 is 11.6 Å². The number of aromatic amines is 1. The highest BCUT2D eigenvalue weighted by molar-refractivity contribution is 6.30. The van der Waals surface area contributed by atoms with Gasteiger partial charge in [-0.2, -0.15) is 10.1 Å². The largest absolute Gasteiger partial charge is 0.356 e. The second-order valence-electron chi connectivity index (χ2n) is 6.62. The molecule has 0 saturated heterocycles. The predicted molar refractivity (Wildman–Crippen MR) is 114 cm³/mol. The number of aliphatic imine (C=N–C) groups is 1. The third kappa shape index (κ3) is 6.08. The van der Waals surface area contributed by atoms with Crippen LogP contribution in [-0.4, -0.2) is 28.6 Å². The summed E-state index contributed by atoms with van der Waals surface area (Å²) in [6.07, 6.45) is 1.73. The third-order valence-corrected chi connectivity index (χ3v) is 4.50. The summed E-state index contributed by atoms with van der Waals surface area (Å²) in [6, 6.07) is 8.22. The molecular weight excluding hydrogens is 431 g/mol. The van der Waals surface area contributed by atoms with Crippen LogP contribution in [0.15, 0.2) is 47.5 Å². The van der Waals surface area contributed by atoms with Crippen LogP contribution in [0.3, 0.4) is 0 Å². The lowest BCUT2D eigenvalue weighted by molar-refractivity contribution is 0.100. The zero-order chi connectivity index (χ0) is 22.4. The summed E-state index contributed by atoms with van der Waals surface area (Å²) in [4.78, 5) is 16.4. The van der Waals surface area contributed by atoms with E-state index < -0.39 is 23.4 Å². The van der Waals surface area contributed by atoms with Crippen LogP contribution in [0.2, 0.25) is 5.02 Å². The molecular formula is C21H19ClF3N5O. The van der Waals surface area contributed by atoms with Gasteiger partial charge in [0.2, 0.25) is 5.96 Å². The Morgan fingerprint density at radius 1 is 1.13 bits per heavy atom. The number of nitrogens with one attached hydrogen (secondary N) is 3. The number of amides is 1. The zero-order valence-corrected chi connectivity index (χ0v) is 17.2. The number of hydrogen-bond acceptors (Lipinski definition) is 2. The number of carbonyl (C=O) groups excluding carboxylic acids is 1. The Balaban J connectivity index is 1.82. The average molecular weight is 450 g/mol. The first-order chi connectivity index (χ1) is 14.9. The fraction of sp³-hybridized carbons (Fsp3) is 0.190. The number of unbranched alkanes of at least 4 members (excludes halogenated alkanes) is 1. The minimum absolute atomic E-state index is 0.0269. The quantitative estimate of drug-likeness (QED) is 0.276. The third-order valence-electron chi connectivity index (χ3n) is 4.19. The molecule has 2 aromatic carbocycles. The molecule has 10 heteroatoms. The summed E-state index contributed by atoms with van der Waals surface area (Å²) in [5.41, 5.74) is 0.561. The van der Waals surface area contributed by atoms with Crippen LogP contribution in [0.4, 0.5) is 19.0 Å². The molecule has 0 atom stereocenters. The fourth-order valence-corrected chi connectivity index (χ4v) is 2.77. The van der Waals surface area contributed by atoms with Crippen molar-refractivity contribution in [3.63, 3.8) is 0 Å². The predicted octanol–water partition coefficient (Wildman–Crippen LogP) is 5.15. The Morgan fingerprint density at radius 3 is 2.55 bits per heavy atom. The van der Waals surface area contributed by atoms with E-state index in [0.29, 0.717) is 18.1 Å². The second kappa shape index (κ2) is 10.1. The van der Waals surface area contributed by atoms with Gasteiger partial charge in [-0.25, -0.2) is 13.2 Å². The topological polar surface area (TPSA) is 82.2 Å². The Bertz CT molecular complexity index is 1100. The van der Waals surface area contributed by atoms with Crippen molar-refractivity contribution in [1.82, 2.24) is 15.5 Å². The van der Waals surface area contributed by atoms with Gasteiger partial charge in [-0.1, -0.05) is 24.9 Å². The molecule has 0 unspecified atom stereocenters. The smallest absolute Gasteiger partial charge is 0.280 e. The van der Waals surface area contributed by atoms with E-state index in [1.807, 2.05) is 6.92 Å². The highest BCUT2D eigenvalue weighted by Crippen LogP contribution is 2.22. The SMILES string of the molecule is CCCCN/C(=N/C(=O)c1ccc(Cl)c(F)c1)Nc1cc(-c2cc(F)cc(F)c2)n[nH]1. The van der Waals surface area contributed by atoms with E-state index in [9.17, 15) is 18.0 Å². The molecule has 0 aliphatic rings. The molecule has 0 radical (unpaired) electrons. The maximum absolute atomic E-state index is 13.7. The van der Waals surface area contributed by atoms with E-state index in [2.05, 4.69) is 25.8 Å². The Kier molecular flexibility index (Phi) is 7.30. The van der Waals surface area contributed by atoms with Crippen LogP contribution in [0.5, 0.6) is 0 Å². The molecule has 6 nitrogen and oxygen atoms in total. The molecule has 3 aromatic rings. The summed E-state index contributed by atoms with van der Waals surface area (Å²) >= 11 is 5.65. The molecule has 31 heavy (non-hydrogen) atoms. The van der Waals surface area contributed by atoms with Gasteiger partial charge in [0.05, 0.1) is 10.7 Å². The van der Waals surface area contributed by atoms with E-state index in [1.54, 1.807) is 0 Å². The fourth-order valence-electron chi connectivity index (χ4n) is 2.65. The standard InChI is InChI=1S/C21H19ClF3N5O/c1-2-3-6-26-21(28-20(31)12-4-5-16(22)17(25)9-12)27-19-11-18(29-30-19)13-7-14(23)10-15(24)8-13/h4-5,7-11H,2-3,6H2,1H3,(H3,26,27,28,29,30,31). The minimum atomic E-state index is -0.725. The van der Waals surface area contributed by atoms with Crippen molar-refractivity contribution >= 4 is 29.3 Å². The van der Waals surface area contributed by atoms with Gasteiger partial charge in [0.25, 0.3) is 5.91 Å². The van der Waals surface area contributed by atoms with Gasteiger partial charge in [-0.3, -0.25) is 9.89 Å². The van der Waals surface area contributed by atoms with E-state index in [4.69, 9.17) is 11.6 Å². The normalized spacial score (nSPS) is 11.5. The van der Waals surface area contributed by atoms with Crippen LogP contribution in [0, 0.1) is 17.5 Å². The maximum Gasteiger partial charge on any atom is 0.280 e. The number of rotatable bonds is 6. The average Bonchev–Trinajstić information content (AvgIpc) is 3.18. The highest BCUT2D eigenvalue weighted by atomic mass is 35.5. The van der Waals surface area contributed by atoms with Crippen molar-refractivity contribution in [3.05, 3.63) is 70.5 Å². The van der Waals surface area contributed by atoms with Crippen molar-refractivity contribution in [2.45, 2.75) is 19.8 Å². The Hall–Kier alpha value is -3.33. The maximum atomic E-state index is 13.7. The molecule has 0 aliphatic carbocycles. The molecule has 3 rings (SSSR count).